The highest BCUT2D eigenvalue weighted by Gasteiger charge is 2.27. The number of thiophene rings is 1. The van der Waals surface area contributed by atoms with Gasteiger partial charge in [0, 0.05) is 46.4 Å². The summed E-state index contributed by atoms with van der Waals surface area (Å²) in [6.45, 7) is 8.70. The third-order valence-electron chi connectivity index (χ3n) is 6.96. The van der Waals surface area contributed by atoms with E-state index in [1.54, 1.807) is 11.3 Å². The third kappa shape index (κ3) is 5.20. The fourth-order valence-corrected chi connectivity index (χ4v) is 5.99. The number of piperidine rings is 1. The van der Waals surface area contributed by atoms with Gasteiger partial charge in [-0.1, -0.05) is 0 Å². The average Bonchev–Trinajstić information content (AvgIpc) is 3.50. The molecule has 174 valence electrons. The Bertz CT molecular complexity index is 1130. The van der Waals surface area contributed by atoms with Crippen molar-refractivity contribution in [1.29, 1.82) is 0 Å². The molecule has 0 atom stereocenters. The highest BCUT2D eigenvalue weighted by atomic mass is 32.1. The Hall–Kier alpha value is -2.51. The molecule has 6 nitrogen and oxygen atoms in total. The fraction of sp³-hybridized carbons (Fsp3) is 0.500. The second kappa shape index (κ2) is 9.77. The molecule has 2 fully saturated rings. The van der Waals surface area contributed by atoms with E-state index in [4.69, 9.17) is 9.97 Å². The van der Waals surface area contributed by atoms with Gasteiger partial charge in [-0.05, 0) is 89.4 Å². The summed E-state index contributed by atoms with van der Waals surface area (Å²) in [5.74, 6) is 0.874. The molecule has 0 aliphatic carbocycles. The maximum atomic E-state index is 12.4. The standard InChI is InChI=1S/C26H33N5OS/c1-18-5-7-22(33-18)8-10-25(32)28-20-6-9-24-23(17-20)19(2)27-26(29-24)31-15-11-21(12-16-31)30-13-3-4-14-30/h5-7,9,17,21H,3-4,8,10-16H2,1-2H3,(H,28,32). The van der Waals surface area contributed by atoms with Gasteiger partial charge in [0.05, 0.1) is 11.2 Å². The first-order valence-electron chi connectivity index (χ1n) is 12.2. The van der Waals surface area contributed by atoms with Crippen LogP contribution in [0.25, 0.3) is 10.9 Å². The molecule has 2 aliphatic rings. The predicted octanol–water partition coefficient (Wildman–Crippen LogP) is 4.94. The molecule has 2 aromatic heterocycles. The number of anilines is 2. The van der Waals surface area contributed by atoms with Crippen LogP contribution in [0, 0.1) is 13.8 Å². The van der Waals surface area contributed by atoms with E-state index in [1.165, 1.54) is 48.5 Å². The Balaban J connectivity index is 1.22. The van der Waals surface area contributed by atoms with Gasteiger partial charge in [0.2, 0.25) is 11.9 Å². The van der Waals surface area contributed by atoms with Crippen molar-refractivity contribution in [2.24, 2.45) is 0 Å². The van der Waals surface area contributed by atoms with Crippen LogP contribution in [0.5, 0.6) is 0 Å². The summed E-state index contributed by atoms with van der Waals surface area (Å²) < 4.78 is 0. The number of likely N-dealkylation sites (tertiary alicyclic amines) is 1. The van der Waals surface area contributed by atoms with Gasteiger partial charge >= 0.3 is 0 Å². The molecule has 0 saturated carbocycles. The molecule has 0 bridgehead atoms. The maximum Gasteiger partial charge on any atom is 0.226 e. The van der Waals surface area contributed by atoms with E-state index in [0.29, 0.717) is 6.42 Å². The van der Waals surface area contributed by atoms with Crippen LogP contribution >= 0.6 is 11.3 Å². The number of benzene rings is 1. The first-order valence-corrected chi connectivity index (χ1v) is 13.0. The number of aryl methyl sites for hydroxylation is 3. The van der Waals surface area contributed by atoms with Crippen molar-refractivity contribution >= 4 is 39.8 Å². The number of rotatable bonds is 6. The molecule has 4 heterocycles. The predicted molar refractivity (Wildman–Crippen MR) is 136 cm³/mol. The van der Waals surface area contributed by atoms with Gasteiger partial charge in [0.1, 0.15) is 0 Å². The van der Waals surface area contributed by atoms with E-state index in [0.717, 1.165) is 53.8 Å². The molecule has 1 aromatic carbocycles. The quantitative estimate of drug-likeness (QED) is 0.561. The number of nitrogens with one attached hydrogen (secondary N) is 1. The molecular weight excluding hydrogens is 430 g/mol. The number of nitrogens with zero attached hydrogens (tertiary/aromatic N) is 4. The van der Waals surface area contributed by atoms with Gasteiger partial charge in [-0.25, -0.2) is 9.97 Å². The van der Waals surface area contributed by atoms with Crippen molar-refractivity contribution in [3.05, 3.63) is 45.8 Å². The van der Waals surface area contributed by atoms with E-state index in [1.807, 2.05) is 25.1 Å². The molecule has 2 saturated heterocycles. The van der Waals surface area contributed by atoms with Crippen molar-refractivity contribution < 1.29 is 4.79 Å². The molecule has 7 heteroatoms. The number of fused-ring (bicyclic) bond motifs is 1. The summed E-state index contributed by atoms with van der Waals surface area (Å²) in [5, 5.41) is 4.04. The second-order valence-corrected chi connectivity index (χ2v) is 10.7. The number of hydrogen-bond donors (Lipinski definition) is 1. The summed E-state index contributed by atoms with van der Waals surface area (Å²) in [7, 11) is 0. The minimum atomic E-state index is 0.0384. The van der Waals surface area contributed by atoms with Gasteiger partial charge < -0.3 is 15.1 Å². The lowest BCUT2D eigenvalue weighted by Gasteiger charge is -2.36. The summed E-state index contributed by atoms with van der Waals surface area (Å²) in [6, 6.07) is 10.9. The maximum absolute atomic E-state index is 12.4. The molecule has 1 amide bonds. The summed E-state index contributed by atoms with van der Waals surface area (Å²) in [4.78, 5) is 29.7. The lowest BCUT2D eigenvalue weighted by atomic mass is 10.0. The number of amides is 1. The Morgan fingerprint density at radius 3 is 2.58 bits per heavy atom. The third-order valence-corrected chi connectivity index (χ3v) is 8.02. The zero-order valence-corrected chi connectivity index (χ0v) is 20.5. The van der Waals surface area contributed by atoms with Gasteiger partial charge in [0.25, 0.3) is 0 Å². The van der Waals surface area contributed by atoms with Crippen LogP contribution in [0.2, 0.25) is 0 Å². The summed E-state index contributed by atoms with van der Waals surface area (Å²) in [5.41, 5.74) is 2.70. The lowest BCUT2D eigenvalue weighted by molar-refractivity contribution is -0.116. The summed E-state index contributed by atoms with van der Waals surface area (Å²) >= 11 is 1.76. The SMILES string of the molecule is Cc1ccc(CCC(=O)Nc2ccc3nc(N4CCC(N5CCCC5)CC4)nc(C)c3c2)s1. The zero-order valence-electron chi connectivity index (χ0n) is 19.6. The molecule has 0 spiro atoms. The molecule has 3 aromatic rings. The molecule has 2 aliphatic heterocycles. The first kappa shape index (κ1) is 22.3. The Labute approximate surface area is 200 Å². The van der Waals surface area contributed by atoms with Gasteiger partial charge in [-0.3, -0.25) is 4.79 Å². The Morgan fingerprint density at radius 2 is 1.85 bits per heavy atom. The molecule has 33 heavy (non-hydrogen) atoms. The highest BCUT2D eigenvalue weighted by molar-refractivity contribution is 7.11. The smallest absolute Gasteiger partial charge is 0.226 e. The van der Waals surface area contributed by atoms with Crippen molar-refractivity contribution in [3.63, 3.8) is 0 Å². The average molecular weight is 464 g/mol. The largest absolute Gasteiger partial charge is 0.341 e. The molecule has 0 unspecified atom stereocenters. The number of hydrogen-bond acceptors (Lipinski definition) is 6. The normalized spacial score (nSPS) is 17.7. The van der Waals surface area contributed by atoms with E-state index in [-0.39, 0.29) is 5.91 Å². The number of aromatic nitrogens is 2. The van der Waals surface area contributed by atoms with Crippen LogP contribution in [0.1, 0.15) is 47.6 Å². The minimum absolute atomic E-state index is 0.0384. The fourth-order valence-electron chi connectivity index (χ4n) is 5.10. The van der Waals surface area contributed by atoms with Crippen molar-refractivity contribution in [1.82, 2.24) is 14.9 Å². The topological polar surface area (TPSA) is 61.4 Å². The van der Waals surface area contributed by atoms with Crippen molar-refractivity contribution in [2.75, 3.05) is 36.4 Å². The van der Waals surface area contributed by atoms with E-state index >= 15 is 0 Å². The highest BCUT2D eigenvalue weighted by Crippen LogP contribution is 2.27. The monoisotopic (exact) mass is 463 g/mol. The molecule has 1 N–H and O–H groups in total. The lowest BCUT2D eigenvalue weighted by Crippen LogP contribution is -2.44. The zero-order chi connectivity index (χ0) is 22.8. The molecule has 0 radical (unpaired) electrons. The van der Waals surface area contributed by atoms with E-state index in [2.05, 4.69) is 34.2 Å². The van der Waals surface area contributed by atoms with Crippen LogP contribution in [0.15, 0.2) is 30.3 Å². The van der Waals surface area contributed by atoms with Crippen molar-refractivity contribution in [2.45, 2.75) is 58.4 Å². The van der Waals surface area contributed by atoms with Gasteiger partial charge in [-0.2, -0.15) is 0 Å². The van der Waals surface area contributed by atoms with Crippen LogP contribution < -0.4 is 10.2 Å². The van der Waals surface area contributed by atoms with Gasteiger partial charge in [-0.15, -0.1) is 11.3 Å². The van der Waals surface area contributed by atoms with Gasteiger partial charge in [0.15, 0.2) is 0 Å². The van der Waals surface area contributed by atoms with Crippen LogP contribution in [-0.2, 0) is 11.2 Å². The number of carbonyl (C=O) groups excluding carboxylic acids is 1. The van der Waals surface area contributed by atoms with Crippen molar-refractivity contribution in [3.8, 4) is 0 Å². The summed E-state index contributed by atoms with van der Waals surface area (Å²) in [6.07, 6.45) is 6.35. The Morgan fingerprint density at radius 1 is 1.06 bits per heavy atom. The molecule has 5 rings (SSSR count). The minimum Gasteiger partial charge on any atom is -0.341 e. The number of carbonyl (C=O) groups is 1. The van der Waals surface area contributed by atoms with Crippen LogP contribution in [0.3, 0.4) is 0 Å². The van der Waals surface area contributed by atoms with E-state index in [9.17, 15) is 4.79 Å². The molecular formula is C26H33N5OS. The van der Waals surface area contributed by atoms with Crippen LogP contribution in [0.4, 0.5) is 11.6 Å². The van der Waals surface area contributed by atoms with E-state index < -0.39 is 0 Å². The second-order valence-electron chi connectivity index (χ2n) is 9.36. The Kier molecular flexibility index (Phi) is 6.60. The van der Waals surface area contributed by atoms with Crippen LogP contribution in [-0.4, -0.2) is 53.0 Å². The first-order chi connectivity index (χ1) is 16.0.